The van der Waals surface area contributed by atoms with Crippen molar-refractivity contribution in [3.05, 3.63) is 45.8 Å². The van der Waals surface area contributed by atoms with Crippen molar-refractivity contribution in [1.29, 1.82) is 5.26 Å². The fraction of sp³-hybridized carbons (Fsp3) is 0.400. The summed E-state index contributed by atoms with van der Waals surface area (Å²) in [5.74, 6) is -0.175. The minimum Gasteiger partial charge on any atom is -0.378 e. The van der Waals surface area contributed by atoms with Crippen LogP contribution < -0.4 is 10.2 Å². The third-order valence-electron chi connectivity index (χ3n) is 4.80. The molecule has 5 nitrogen and oxygen atoms in total. The number of amides is 1. The maximum Gasteiger partial charge on any atom is 0.256 e. The lowest BCUT2D eigenvalue weighted by Gasteiger charge is -2.30. The molecule has 0 radical (unpaired) electrons. The topological polar surface area (TPSA) is 59.4 Å². The molecule has 1 amide bonds. The molecule has 0 aliphatic carbocycles. The molecule has 0 fully saturated rings. The molecule has 0 bridgehead atoms. The summed E-state index contributed by atoms with van der Waals surface area (Å²) in [5.41, 5.74) is 3.37. The minimum atomic E-state index is -0.175. The Hall–Kier alpha value is -2.36. The molecular weight excluding hydrogens is 344 g/mol. The highest BCUT2D eigenvalue weighted by Crippen LogP contribution is 2.37. The van der Waals surface area contributed by atoms with E-state index < -0.39 is 0 Å². The first-order valence-electron chi connectivity index (χ1n) is 8.78. The average Bonchev–Trinajstić information content (AvgIpc) is 2.97. The maximum atomic E-state index is 12.6. The van der Waals surface area contributed by atoms with Gasteiger partial charge in [-0.1, -0.05) is 0 Å². The molecule has 6 heteroatoms. The zero-order valence-corrected chi connectivity index (χ0v) is 16.5. The van der Waals surface area contributed by atoms with E-state index >= 15 is 0 Å². The summed E-state index contributed by atoms with van der Waals surface area (Å²) in [6.07, 6.45) is 0.861. The number of hydrogen-bond donors (Lipinski definition) is 1. The molecule has 1 aliphatic rings. The standard InChI is InChI=1S/C20H24N4OS/c1-13(2)24-10-9-16-17(11-21)20(26-18(16)12-24)22-19(25)14-5-7-15(8-6-14)23(3)4/h5-8,13H,9-10,12H2,1-4H3,(H,22,25). The summed E-state index contributed by atoms with van der Waals surface area (Å²) in [4.78, 5) is 18.2. The Bertz CT molecular complexity index is 846. The van der Waals surface area contributed by atoms with Gasteiger partial charge in [-0.3, -0.25) is 9.69 Å². The molecule has 0 spiro atoms. The summed E-state index contributed by atoms with van der Waals surface area (Å²) in [6, 6.07) is 10.2. The Kier molecular flexibility index (Phi) is 5.30. The number of nitriles is 1. The number of thiophene rings is 1. The lowest BCUT2D eigenvalue weighted by Crippen LogP contribution is -2.35. The Morgan fingerprint density at radius 1 is 1.31 bits per heavy atom. The quantitative estimate of drug-likeness (QED) is 0.894. The number of carbonyl (C=O) groups is 1. The largest absolute Gasteiger partial charge is 0.378 e. The van der Waals surface area contributed by atoms with Crippen molar-refractivity contribution in [2.45, 2.75) is 32.9 Å². The molecule has 2 aromatic rings. The Balaban J connectivity index is 1.82. The van der Waals surface area contributed by atoms with Gasteiger partial charge in [0.1, 0.15) is 11.1 Å². The summed E-state index contributed by atoms with van der Waals surface area (Å²) in [7, 11) is 3.93. The van der Waals surface area contributed by atoms with Crippen LogP contribution in [0.3, 0.4) is 0 Å². The zero-order chi connectivity index (χ0) is 18.8. The van der Waals surface area contributed by atoms with E-state index in [-0.39, 0.29) is 5.91 Å². The molecule has 136 valence electrons. The van der Waals surface area contributed by atoms with Crippen LogP contribution in [0.25, 0.3) is 0 Å². The number of nitrogens with one attached hydrogen (secondary N) is 1. The van der Waals surface area contributed by atoms with Gasteiger partial charge in [-0.2, -0.15) is 5.26 Å². The Morgan fingerprint density at radius 2 is 2.00 bits per heavy atom. The van der Waals surface area contributed by atoms with Gasteiger partial charge in [0.2, 0.25) is 0 Å². The van der Waals surface area contributed by atoms with Gasteiger partial charge in [-0.15, -0.1) is 11.3 Å². The molecule has 3 rings (SSSR count). The predicted molar refractivity (Wildman–Crippen MR) is 107 cm³/mol. The van der Waals surface area contributed by atoms with Gasteiger partial charge in [0.25, 0.3) is 5.91 Å². The van der Waals surface area contributed by atoms with E-state index in [2.05, 4.69) is 30.1 Å². The summed E-state index contributed by atoms with van der Waals surface area (Å²) in [6.45, 7) is 6.17. The van der Waals surface area contributed by atoms with Crippen LogP contribution in [-0.2, 0) is 13.0 Å². The van der Waals surface area contributed by atoms with Crippen molar-refractivity contribution < 1.29 is 4.79 Å². The van der Waals surface area contributed by atoms with E-state index in [0.29, 0.717) is 22.2 Å². The highest BCUT2D eigenvalue weighted by Gasteiger charge is 2.26. The fourth-order valence-corrected chi connectivity index (χ4v) is 4.38. The minimum absolute atomic E-state index is 0.175. The number of carbonyl (C=O) groups excluding carboxylic acids is 1. The molecule has 1 aromatic carbocycles. The first-order chi connectivity index (χ1) is 12.4. The van der Waals surface area contributed by atoms with Crippen LogP contribution in [-0.4, -0.2) is 37.5 Å². The highest BCUT2D eigenvalue weighted by atomic mass is 32.1. The SMILES string of the molecule is CC(C)N1CCc2c(sc(NC(=O)c3ccc(N(C)C)cc3)c2C#N)C1. The van der Waals surface area contributed by atoms with Crippen molar-refractivity contribution in [1.82, 2.24) is 4.90 Å². The Morgan fingerprint density at radius 3 is 2.58 bits per heavy atom. The van der Waals surface area contributed by atoms with Crippen LogP contribution in [0.2, 0.25) is 0 Å². The van der Waals surface area contributed by atoms with Crippen molar-refractivity contribution in [2.75, 3.05) is 30.9 Å². The van der Waals surface area contributed by atoms with Gasteiger partial charge >= 0.3 is 0 Å². The average molecular weight is 369 g/mol. The van der Waals surface area contributed by atoms with E-state index in [4.69, 9.17) is 0 Å². The summed E-state index contributed by atoms with van der Waals surface area (Å²) < 4.78 is 0. The third-order valence-corrected chi connectivity index (χ3v) is 5.93. The number of rotatable bonds is 4. The number of fused-ring (bicyclic) bond motifs is 1. The van der Waals surface area contributed by atoms with Crippen molar-refractivity contribution in [2.24, 2.45) is 0 Å². The first-order valence-corrected chi connectivity index (χ1v) is 9.59. The first kappa shape index (κ1) is 18.4. The van der Waals surface area contributed by atoms with E-state index in [1.165, 1.54) is 16.2 Å². The summed E-state index contributed by atoms with van der Waals surface area (Å²) >= 11 is 1.53. The van der Waals surface area contributed by atoms with Gasteiger partial charge < -0.3 is 10.2 Å². The van der Waals surface area contributed by atoms with E-state index in [1.807, 2.05) is 43.3 Å². The van der Waals surface area contributed by atoms with E-state index in [9.17, 15) is 10.1 Å². The number of anilines is 2. The smallest absolute Gasteiger partial charge is 0.256 e. The van der Waals surface area contributed by atoms with Crippen LogP contribution in [0.15, 0.2) is 24.3 Å². The molecule has 1 aromatic heterocycles. The van der Waals surface area contributed by atoms with Gasteiger partial charge in [0.15, 0.2) is 0 Å². The lowest BCUT2D eigenvalue weighted by molar-refractivity contribution is 0.102. The third kappa shape index (κ3) is 3.59. The van der Waals surface area contributed by atoms with E-state index in [0.717, 1.165) is 30.8 Å². The van der Waals surface area contributed by atoms with Crippen LogP contribution in [0.4, 0.5) is 10.7 Å². The molecule has 2 heterocycles. The highest BCUT2D eigenvalue weighted by molar-refractivity contribution is 7.16. The van der Waals surface area contributed by atoms with Crippen LogP contribution in [0, 0.1) is 11.3 Å². The van der Waals surface area contributed by atoms with Gasteiger partial charge in [-0.05, 0) is 50.1 Å². The molecule has 0 unspecified atom stereocenters. The summed E-state index contributed by atoms with van der Waals surface area (Å²) in [5, 5.41) is 13.2. The lowest BCUT2D eigenvalue weighted by atomic mass is 10.0. The second kappa shape index (κ2) is 7.48. The van der Waals surface area contributed by atoms with Crippen molar-refractivity contribution >= 4 is 27.9 Å². The predicted octanol–water partition coefficient (Wildman–Crippen LogP) is 3.70. The second-order valence-electron chi connectivity index (χ2n) is 7.03. The number of nitrogens with zero attached hydrogens (tertiary/aromatic N) is 3. The normalized spacial score (nSPS) is 14.0. The van der Waals surface area contributed by atoms with Crippen LogP contribution in [0.1, 0.15) is 40.2 Å². The monoisotopic (exact) mass is 368 g/mol. The van der Waals surface area contributed by atoms with E-state index in [1.54, 1.807) is 0 Å². The number of hydrogen-bond acceptors (Lipinski definition) is 5. The maximum absolute atomic E-state index is 12.6. The zero-order valence-electron chi connectivity index (χ0n) is 15.7. The Labute approximate surface area is 158 Å². The number of benzene rings is 1. The van der Waals surface area contributed by atoms with Gasteiger partial charge in [-0.25, -0.2) is 0 Å². The van der Waals surface area contributed by atoms with Crippen LogP contribution in [0.5, 0.6) is 0 Å². The molecule has 0 saturated carbocycles. The van der Waals surface area contributed by atoms with Crippen molar-refractivity contribution in [3.63, 3.8) is 0 Å². The van der Waals surface area contributed by atoms with Crippen LogP contribution >= 0.6 is 11.3 Å². The molecular formula is C20H24N4OS. The van der Waals surface area contributed by atoms with Gasteiger partial charge in [0, 0.05) is 49.4 Å². The molecule has 0 atom stereocenters. The molecule has 1 aliphatic heterocycles. The fourth-order valence-electron chi connectivity index (χ4n) is 3.16. The van der Waals surface area contributed by atoms with Gasteiger partial charge in [0.05, 0.1) is 5.56 Å². The molecule has 0 saturated heterocycles. The second-order valence-corrected chi connectivity index (χ2v) is 8.13. The molecule has 26 heavy (non-hydrogen) atoms. The molecule has 1 N–H and O–H groups in total. The van der Waals surface area contributed by atoms with Crippen molar-refractivity contribution in [3.8, 4) is 6.07 Å².